The highest BCUT2D eigenvalue weighted by Gasteiger charge is 2.56. The number of nitrogens with one attached hydrogen (secondary N) is 1. The normalized spacial score (nSPS) is 15.6. The van der Waals surface area contributed by atoms with Crippen LogP contribution < -0.4 is 0 Å². The lowest BCUT2D eigenvalue weighted by molar-refractivity contribution is -0.266. The molecule has 0 saturated heterocycles. The summed E-state index contributed by atoms with van der Waals surface area (Å²) in [6.07, 6.45) is -3.15. The van der Waals surface area contributed by atoms with Gasteiger partial charge in [0.25, 0.3) is 0 Å². The molecule has 2 aromatic heterocycles. The molecule has 0 fully saturated rings. The van der Waals surface area contributed by atoms with Gasteiger partial charge in [-0.15, -0.1) is 11.8 Å². The van der Waals surface area contributed by atoms with Gasteiger partial charge in [-0.05, 0) is 47.7 Å². The Morgan fingerprint density at radius 2 is 1.88 bits per heavy atom. The lowest BCUT2D eigenvalue weighted by Crippen LogP contribution is -2.51. The molecule has 0 aliphatic rings. The summed E-state index contributed by atoms with van der Waals surface area (Å²) in [7, 11) is -1.44. The van der Waals surface area contributed by atoms with Crippen molar-refractivity contribution in [3.05, 3.63) is 52.8 Å². The maximum absolute atomic E-state index is 14.3. The number of halogens is 4. The molecule has 10 heteroatoms. The fourth-order valence-electron chi connectivity index (χ4n) is 4.16. The molecule has 0 bridgehead atoms. The van der Waals surface area contributed by atoms with Gasteiger partial charge in [0.15, 0.2) is 5.60 Å². The Bertz CT molecular complexity index is 1210. The Morgan fingerprint density at radius 1 is 1.21 bits per heavy atom. The molecule has 0 saturated carbocycles. The van der Waals surface area contributed by atoms with E-state index in [2.05, 4.69) is 9.97 Å². The minimum Gasteiger partial charge on any atom is -0.380 e. The fraction of sp³-hybridized carbons (Fsp3) is 0.458. The summed E-state index contributed by atoms with van der Waals surface area (Å²) in [5, 5.41) is 13.2. The minimum absolute atomic E-state index is 0.254. The Balaban J connectivity index is 1.98. The highest BCUT2D eigenvalue weighted by molar-refractivity contribution is 7.99. The highest BCUT2D eigenvalue weighted by Crippen LogP contribution is 2.44. The zero-order valence-electron chi connectivity index (χ0n) is 19.6. The average molecular weight is 533 g/mol. The van der Waals surface area contributed by atoms with Gasteiger partial charge in [0, 0.05) is 38.9 Å². The van der Waals surface area contributed by atoms with Crippen molar-refractivity contribution in [1.82, 2.24) is 9.97 Å². The van der Waals surface area contributed by atoms with Crippen molar-refractivity contribution in [1.29, 1.82) is 0 Å². The summed E-state index contributed by atoms with van der Waals surface area (Å²) >= 11 is 7.67. The molecular weight excluding hydrogens is 505 g/mol. The molecular formula is C24H28ClF3N2O2S2. The molecule has 2 N–H and O–H groups in total. The molecule has 0 aliphatic carbocycles. The van der Waals surface area contributed by atoms with Crippen molar-refractivity contribution < 1.29 is 22.5 Å². The maximum Gasteiger partial charge on any atom is 0.417 e. The quantitative estimate of drug-likeness (QED) is 0.318. The van der Waals surface area contributed by atoms with Crippen molar-refractivity contribution >= 4 is 45.1 Å². The standard InChI is InChI=1S/C24H28ClF3N2O2S2/c1-14(2)33-21-9-15-8-17(30-19(15)12-29-21)11-23(31,24(26,27)28)13-22(3,4)18-10-16(25)6-7-20(18)34(5)32/h6-10,12,14,30-31H,11,13H2,1-5H3. The Labute approximate surface area is 209 Å². The van der Waals surface area contributed by atoms with Gasteiger partial charge in [0.05, 0.1) is 27.5 Å². The molecule has 4 nitrogen and oxygen atoms in total. The van der Waals surface area contributed by atoms with Crippen molar-refractivity contribution in [2.24, 2.45) is 0 Å². The van der Waals surface area contributed by atoms with E-state index in [-0.39, 0.29) is 5.69 Å². The van der Waals surface area contributed by atoms with Gasteiger partial charge in [0.1, 0.15) is 0 Å². The number of fused-ring (bicyclic) bond motifs is 1. The number of thioether (sulfide) groups is 1. The number of alkyl halides is 3. The van der Waals surface area contributed by atoms with Crippen molar-refractivity contribution in [2.45, 2.75) is 72.9 Å². The molecule has 0 aliphatic heterocycles. The van der Waals surface area contributed by atoms with E-state index in [4.69, 9.17) is 11.6 Å². The first kappa shape index (κ1) is 27.0. The van der Waals surface area contributed by atoms with Crippen LogP contribution >= 0.6 is 23.4 Å². The Morgan fingerprint density at radius 3 is 2.47 bits per heavy atom. The first-order chi connectivity index (χ1) is 15.6. The lowest BCUT2D eigenvalue weighted by Gasteiger charge is -2.38. The molecule has 0 amide bonds. The predicted molar refractivity (Wildman–Crippen MR) is 133 cm³/mol. The summed E-state index contributed by atoms with van der Waals surface area (Å²) in [6.45, 7) is 7.25. The van der Waals surface area contributed by atoms with Gasteiger partial charge in [0.2, 0.25) is 0 Å². The number of H-pyrrole nitrogens is 1. The topological polar surface area (TPSA) is 66.0 Å². The van der Waals surface area contributed by atoms with Gasteiger partial charge < -0.3 is 10.1 Å². The van der Waals surface area contributed by atoms with Crippen LogP contribution in [0.1, 0.15) is 45.4 Å². The van der Waals surface area contributed by atoms with E-state index in [9.17, 15) is 22.5 Å². The number of hydrogen-bond acceptors (Lipinski definition) is 4. The van der Waals surface area contributed by atoms with Crippen LogP contribution in [0, 0.1) is 0 Å². The number of nitrogens with zero attached hydrogens (tertiary/aromatic N) is 1. The maximum atomic E-state index is 14.3. The number of rotatable bonds is 8. The molecule has 186 valence electrons. The van der Waals surface area contributed by atoms with Crippen molar-refractivity contribution in [3.8, 4) is 0 Å². The third-order valence-corrected chi connectivity index (χ3v) is 7.76. The van der Waals surface area contributed by atoms with Crippen LogP contribution in [0.2, 0.25) is 5.02 Å². The first-order valence-electron chi connectivity index (χ1n) is 10.7. The van der Waals surface area contributed by atoms with E-state index in [1.54, 1.807) is 50.0 Å². The van der Waals surface area contributed by atoms with E-state index >= 15 is 0 Å². The number of hydrogen-bond donors (Lipinski definition) is 2. The van der Waals surface area contributed by atoms with Gasteiger partial charge in [-0.1, -0.05) is 39.3 Å². The lowest BCUT2D eigenvalue weighted by atomic mass is 9.73. The molecule has 3 aromatic rings. The molecule has 2 unspecified atom stereocenters. The summed E-state index contributed by atoms with van der Waals surface area (Å²) in [6, 6.07) is 8.08. The van der Waals surface area contributed by atoms with Gasteiger partial charge in [-0.3, -0.25) is 4.21 Å². The van der Waals surface area contributed by atoms with E-state index in [1.807, 2.05) is 19.9 Å². The number of aromatic amines is 1. The molecule has 3 rings (SSSR count). The number of benzene rings is 1. The van der Waals surface area contributed by atoms with Crippen molar-refractivity contribution in [2.75, 3.05) is 6.26 Å². The second-order valence-electron chi connectivity index (χ2n) is 9.43. The van der Waals surface area contributed by atoms with Crippen LogP contribution in [0.3, 0.4) is 0 Å². The molecule has 2 heterocycles. The van der Waals surface area contributed by atoms with E-state index in [0.29, 0.717) is 26.2 Å². The third kappa shape index (κ3) is 5.98. The summed E-state index contributed by atoms with van der Waals surface area (Å²) < 4.78 is 55.1. The van der Waals surface area contributed by atoms with E-state index in [0.717, 1.165) is 10.4 Å². The molecule has 2 atom stereocenters. The van der Waals surface area contributed by atoms with Crippen LogP contribution in [-0.2, 0) is 22.6 Å². The SMILES string of the molecule is CC(C)Sc1cc2cc(CC(O)(CC(C)(C)c3cc(Cl)ccc3S(C)=O)C(F)(F)F)[nH]c2cn1. The Hall–Kier alpha value is -1.55. The first-order valence-corrected chi connectivity index (χ1v) is 13.5. The van der Waals surface area contributed by atoms with E-state index in [1.165, 1.54) is 12.3 Å². The van der Waals surface area contributed by atoms with E-state index < -0.39 is 40.8 Å². The molecule has 34 heavy (non-hydrogen) atoms. The second-order valence-corrected chi connectivity index (χ2v) is 12.8. The van der Waals surface area contributed by atoms with Gasteiger partial charge in [-0.25, -0.2) is 4.98 Å². The largest absolute Gasteiger partial charge is 0.417 e. The summed E-state index contributed by atoms with van der Waals surface area (Å²) in [5.41, 5.74) is -2.94. The van der Waals surface area contributed by atoms with Crippen LogP contribution in [0.15, 0.2) is 46.5 Å². The number of aliphatic hydroxyl groups is 1. The molecule has 0 spiro atoms. The second kappa shape index (κ2) is 9.84. The minimum atomic E-state index is -4.90. The average Bonchev–Trinajstić information content (AvgIpc) is 3.07. The molecule has 1 aromatic carbocycles. The fourth-order valence-corrected chi connectivity index (χ4v) is 6.03. The van der Waals surface area contributed by atoms with Crippen molar-refractivity contribution in [3.63, 3.8) is 0 Å². The van der Waals surface area contributed by atoms with Crippen LogP contribution in [0.25, 0.3) is 10.9 Å². The monoisotopic (exact) mass is 532 g/mol. The zero-order valence-corrected chi connectivity index (χ0v) is 22.0. The van der Waals surface area contributed by atoms with Gasteiger partial charge >= 0.3 is 6.18 Å². The number of aromatic nitrogens is 2. The van der Waals surface area contributed by atoms with Crippen LogP contribution in [0.5, 0.6) is 0 Å². The van der Waals surface area contributed by atoms with Gasteiger partial charge in [-0.2, -0.15) is 13.2 Å². The third-order valence-electron chi connectivity index (χ3n) is 5.62. The molecule has 0 radical (unpaired) electrons. The zero-order chi connectivity index (χ0) is 25.5. The number of pyridine rings is 1. The summed E-state index contributed by atoms with van der Waals surface area (Å²) in [4.78, 5) is 7.71. The van der Waals surface area contributed by atoms with Crippen LogP contribution in [0.4, 0.5) is 13.2 Å². The van der Waals surface area contributed by atoms with Crippen LogP contribution in [-0.4, -0.2) is 42.6 Å². The summed E-state index contributed by atoms with van der Waals surface area (Å²) in [5.74, 6) is 0. The predicted octanol–water partition coefficient (Wildman–Crippen LogP) is 6.66. The smallest absolute Gasteiger partial charge is 0.380 e. The Kier molecular flexibility index (Phi) is 7.82. The highest BCUT2D eigenvalue weighted by atomic mass is 35.5.